The van der Waals surface area contributed by atoms with Crippen molar-refractivity contribution in [1.82, 2.24) is 14.8 Å². The third-order valence-corrected chi connectivity index (χ3v) is 4.53. The molecule has 0 bridgehead atoms. The molecule has 1 aromatic carbocycles. The van der Waals surface area contributed by atoms with Gasteiger partial charge >= 0.3 is 0 Å². The van der Waals surface area contributed by atoms with E-state index in [1.54, 1.807) is 18.0 Å². The highest BCUT2D eigenvalue weighted by Gasteiger charge is 2.15. The molecule has 0 unspecified atom stereocenters. The highest BCUT2D eigenvalue weighted by atomic mass is 32.2. The van der Waals surface area contributed by atoms with Crippen molar-refractivity contribution in [2.45, 2.75) is 30.3 Å². The van der Waals surface area contributed by atoms with Crippen LogP contribution in [0, 0.1) is 0 Å². The van der Waals surface area contributed by atoms with Crippen molar-refractivity contribution in [1.29, 1.82) is 0 Å². The van der Waals surface area contributed by atoms with Gasteiger partial charge in [0.15, 0.2) is 5.16 Å². The highest BCUT2D eigenvalue weighted by Crippen LogP contribution is 2.23. The molecule has 7 heteroatoms. The van der Waals surface area contributed by atoms with Gasteiger partial charge in [-0.05, 0) is 17.7 Å². The van der Waals surface area contributed by atoms with E-state index in [1.165, 1.54) is 5.56 Å². The molecular weight excluding hydrogens is 324 g/mol. The zero-order chi connectivity index (χ0) is 16.8. The van der Waals surface area contributed by atoms with Crippen molar-refractivity contribution in [3.8, 4) is 0 Å². The van der Waals surface area contributed by atoms with Crippen LogP contribution in [0.15, 0.2) is 58.3 Å². The number of hydrogen-bond donors (Lipinski definition) is 1. The van der Waals surface area contributed by atoms with Gasteiger partial charge in [0.1, 0.15) is 11.6 Å². The average Bonchev–Trinajstić information content (AvgIpc) is 3.23. The predicted octanol–water partition coefficient (Wildman–Crippen LogP) is 2.63. The first kappa shape index (κ1) is 16.3. The van der Waals surface area contributed by atoms with Crippen molar-refractivity contribution in [3.05, 3.63) is 65.9 Å². The molecular formula is C17H18N4O2S. The molecule has 2 aromatic heterocycles. The minimum atomic E-state index is -0.346. The van der Waals surface area contributed by atoms with Crippen LogP contribution in [0.25, 0.3) is 0 Å². The van der Waals surface area contributed by atoms with E-state index in [4.69, 9.17) is 10.2 Å². The van der Waals surface area contributed by atoms with Crippen LogP contribution < -0.4 is 5.73 Å². The van der Waals surface area contributed by atoms with Crippen LogP contribution >= 0.6 is 11.8 Å². The highest BCUT2D eigenvalue weighted by molar-refractivity contribution is 7.98. The van der Waals surface area contributed by atoms with Crippen molar-refractivity contribution in [3.63, 3.8) is 0 Å². The second-order valence-electron chi connectivity index (χ2n) is 5.30. The topological polar surface area (TPSA) is 86.9 Å². The number of aryl methyl sites for hydroxylation is 1. The number of rotatable bonds is 8. The Kier molecular flexibility index (Phi) is 5.32. The normalized spacial score (nSPS) is 10.8. The molecule has 0 saturated carbocycles. The molecule has 0 aliphatic heterocycles. The summed E-state index contributed by atoms with van der Waals surface area (Å²) in [6.45, 7) is 0.533. The van der Waals surface area contributed by atoms with Gasteiger partial charge in [-0.2, -0.15) is 0 Å². The fourth-order valence-electron chi connectivity index (χ4n) is 2.28. The Labute approximate surface area is 144 Å². The van der Waals surface area contributed by atoms with Gasteiger partial charge in [-0.3, -0.25) is 9.36 Å². The molecule has 0 spiro atoms. The Hall–Kier alpha value is -2.54. The van der Waals surface area contributed by atoms with Crippen molar-refractivity contribution in [2.24, 2.45) is 5.73 Å². The number of carbonyl (C=O) groups is 1. The van der Waals surface area contributed by atoms with E-state index in [1.807, 2.05) is 34.9 Å². The summed E-state index contributed by atoms with van der Waals surface area (Å²) in [6.07, 6.45) is 2.36. The van der Waals surface area contributed by atoms with Crippen LogP contribution in [0.5, 0.6) is 0 Å². The van der Waals surface area contributed by atoms with Gasteiger partial charge in [0.25, 0.3) is 0 Å². The van der Waals surface area contributed by atoms with Crippen LogP contribution in [0.3, 0.4) is 0 Å². The van der Waals surface area contributed by atoms with Crippen LogP contribution in [0.1, 0.15) is 23.6 Å². The lowest BCUT2D eigenvalue weighted by molar-refractivity contribution is -0.118. The molecule has 0 saturated heterocycles. The van der Waals surface area contributed by atoms with Crippen molar-refractivity contribution < 1.29 is 9.21 Å². The minimum Gasteiger partial charge on any atom is -0.467 e. The number of furan rings is 1. The van der Waals surface area contributed by atoms with Gasteiger partial charge in [-0.25, -0.2) is 0 Å². The van der Waals surface area contributed by atoms with Crippen LogP contribution in [-0.2, 0) is 23.5 Å². The largest absolute Gasteiger partial charge is 0.467 e. The SMILES string of the molecule is NC(=O)CCc1nnc(SCc2ccccc2)n1Cc1ccco1. The number of carbonyl (C=O) groups excluding carboxylic acids is 1. The molecule has 3 aromatic rings. The fraction of sp³-hybridized carbons (Fsp3) is 0.235. The molecule has 0 radical (unpaired) electrons. The lowest BCUT2D eigenvalue weighted by Crippen LogP contribution is -2.14. The number of aromatic nitrogens is 3. The molecule has 3 rings (SSSR count). The number of amides is 1. The van der Waals surface area contributed by atoms with Crippen LogP contribution in [-0.4, -0.2) is 20.7 Å². The molecule has 1 amide bonds. The summed E-state index contributed by atoms with van der Waals surface area (Å²) in [7, 11) is 0. The van der Waals surface area contributed by atoms with Gasteiger partial charge in [0.05, 0.1) is 12.8 Å². The zero-order valence-electron chi connectivity index (χ0n) is 13.1. The maximum Gasteiger partial charge on any atom is 0.217 e. The summed E-state index contributed by atoms with van der Waals surface area (Å²) in [4.78, 5) is 11.1. The average molecular weight is 342 g/mol. The molecule has 2 heterocycles. The monoisotopic (exact) mass is 342 g/mol. The molecule has 0 aliphatic carbocycles. The smallest absolute Gasteiger partial charge is 0.217 e. The zero-order valence-corrected chi connectivity index (χ0v) is 13.9. The Bertz CT molecular complexity index is 784. The quantitative estimate of drug-likeness (QED) is 0.636. The van der Waals surface area contributed by atoms with E-state index >= 15 is 0 Å². The Morgan fingerprint density at radius 3 is 2.71 bits per heavy atom. The maximum absolute atomic E-state index is 11.1. The maximum atomic E-state index is 11.1. The van der Waals surface area contributed by atoms with E-state index in [0.29, 0.717) is 13.0 Å². The second kappa shape index (κ2) is 7.83. The summed E-state index contributed by atoms with van der Waals surface area (Å²) in [5.41, 5.74) is 6.46. The van der Waals surface area contributed by atoms with E-state index in [0.717, 1.165) is 22.5 Å². The first-order valence-corrected chi connectivity index (χ1v) is 8.60. The lowest BCUT2D eigenvalue weighted by atomic mass is 10.2. The van der Waals surface area contributed by atoms with Crippen molar-refractivity contribution >= 4 is 17.7 Å². The number of primary amides is 1. The Morgan fingerprint density at radius 2 is 2.00 bits per heavy atom. The predicted molar refractivity (Wildman–Crippen MR) is 91.4 cm³/mol. The van der Waals surface area contributed by atoms with E-state index in [2.05, 4.69) is 22.3 Å². The number of thioether (sulfide) groups is 1. The van der Waals surface area contributed by atoms with Gasteiger partial charge in [0.2, 0.25) is 5.91 Å². The summed E-state index contributed by atoms with van der Waals surface area (Å²) in [6, 6.07) is 13.9. The number of hydrogen-bond acceptors (Lipinski definition) is 5. The van der Waals surface area contributed by atoms with E-state index in [-0.39, 0.29) is 12.3 Å². The van der Waals surface area contributed by atoms with Gasteiger partial charge in [-0.15, -0.1) is 10.2 Å². The molecule has 24 heavy (non-hydrogen) atoms. The van der Waals surface area contributed by atoms with Gasteiger partial charge < -0.3 is 10.2 Å². The molecule has 0 atom stereocenters. The summed E-state index contributed by atoms with van der Waals surface area (Å²) in [5.74, 6) is 2.01. The Morgan fingerprint density at radius 1 is 1.17 bits per heavy atom. The fourth-order valence-corrected chi connectivity index (χ4v) is 3.20. The summed E-state index contributed by atoms with van der Waals surface area (Å²) >= 11 is 1.61. The lowest BCUT2D eigenvalue weighted by Gasteiger charge is -2.08. The third kappa shape index (κ3) is 4.26. The first-order chi connectivity index (χ1) is 11.7. The van der Waals surface area contributed by atoms with E-state index < -0.39 is 0 Å². The first-order valence-electron chi connectivity index (χ1n) is 7.62. The Balaban J connectivity index is 1.77. The second-order valence-corrected chi connectivity index (χ2v) is 6.25. The molecule has 2 N–H and O–H groups in total. The molecule has 0 aliphatic rings. The molecule has 124 valence electrons. The molecule has 0 fully saturated rings. The summed E-state index contributed by atoms with van der Waals surface area (Å²) in [5, 5.41) is 9.30. The number of benzene rings is 1. The van der Waals surface area contributed by atoms with Gasteiger partial charge in [0, 0.05) is 18.6 Å². The summed E-state index contributed by atoms with van der Waals surface area (Å²) < 4.78 is 7.41. The van der Waals surface area contributed by atoms with Crippen LogP contribution in [0.4, 0.5) is 0 Å². The number of nitrogens with two attached hydrogens (primary N) is 1. The standard InChI is InChI=1S/C17H18N4O2S/c18-15(22)8-9-16-19-20-17(21(16)11-14-7-4-10-23-14)24-12-13-5-2-1-3-6-13/h1-7,10H,8-9,11-12H2,(H2,18,22). The minimum absolute atomic E-state index is 0.250. The molecule has 6 nitrogen and oxygen atoms in total. The third-order valence-electron chi connectivity index (χ3n) is 3.49. The van der Waals surface area contributed by atoms with Crippen LogP contribution in [0.2, 0.25) is 0 Å². The number of nitrogens with zero attached hydrogens (tertiary/aromatic N) is 3. The van der Waals surface area contributed by atoms with E-state index in [9.17, 15) is 4.79 Å². The van der Waals surface area contributed by atoms with Crippen molar-refractivity contribution in [2.75, 3.05) is 0 Å². The van der Waals surface area contributed by atoms with Gasteiger partial charge in [-0.1, -0.05) is 42.1 Å².